The quantitative estimate of drug-likeness (QED) is 0.631. The fourth-order valence-electron chi connectivity index (χ4n) is 2.79. The monoisotopic (exact) mass is 382 g/mol. The van der Waals surface area contributed by atoms with E-state index in [2.05, 4.69) is 9.80 Å². The molecule has 0 saturated heterocycles. The van der Waals surface area contributed by atoms with Gasteiger partial charge in [-0.05, 0) is 62.5 Å². The van der Waals surface area contributed by atoms with Crippen LogP contribution >= 0.6 is 11.6 Å². The molecule has 6 heteroatoms. The first-order valence-corrected chi connectivity index (χ1v) is 8.90. The Balaban J connectivity index is 2.11. The van der Waals surface area contributed by atoms with Gasteiger partial charge in [-0.1, -0.05) is 23.7 Å². The molecule has 0 aliphatic carbocycles. The van der Waals surface area contributed by atoms with E-state index in [9.17, 15) is 8.78 Å². The Morgan fingerprint density at radius 1 is 0.923 bits per heavy atom. The molecule has 0 saturated carbocycles. The molecular formula is C20H25ClF2N2O. The van der Waals surface area contributed by atoms with Gasteiger partial charge >= 0.3 is 0 Å². The lowest BCUT2D eigenvalue weighted by Crippen LogP contribution is -2.27. The van der Waals surface area contributed by atoms with Crippen LogP contribution in [0.25, 0.3) is 0 Å². The summed E-state index contributed by atoms with van der Waals surface area (Å²) in [4.78, 5) is 4.33. The molecular weight excluding hydrogens is 358 g/mol. The zero-order valence-electron chi connectivity index (χ0n) is 15.4. The molecule has 0 aliphatic heterocycles. The van der Waals surface area contributed by atoms with Crippen LogP contribution in [-0.2, 0) is 13.1 Å². The average Bonchev–Trinajstić information content (AvgIpc) is 2.58. The van der Waals surface area contributed by atoms with Gasteiger partial charge < -0.3 is 9.64 Å². The van der Waals surface area contributed by atoms with E-state index in [1.165, 1.54) is 12.1 Å². The number of rotatable bonds is 9. The van der Waals surface area contributed by atoms with E-state index >= 15 is 0 Å². The molecule has 0 aliphatic rings. The van der Waals surface area contributed by atoms with Crippen LogP contribution in [-0.4, -0.2) is 44.1 Å². The summed E-state index contributed by atoms with van der Waals surface area (Å²) in [6.07, 6.45) is 0.973. The molecule has 0 amide bonds. The van der Waals surface area contributed by atoms with Crippen molar-refractivity contribution in [3.63, 3.8) is 0 Å². The highest BCUT2D eigenvalue weighted by atomic mass is 35.5. The molecule has 26 heavy (non-hydrogen) atoms. The number of methoxy groups -OCH3 is 1. The summed E-state index contributed by atoms with van der Waals surface area (Å²) in [6, 6.07) is 9.74. The third kappa shape index (κ3) is 6.24. The Labute approximate surface area is 159 Å². The van der Waals surface area contributed by atoms with Crippen LogP contribution in [0.1, 0.15) is 17.5 Å². The van der Waals surface area contributed by atoms with Crippen molar-refractivity contribution in [2.75, 3.05) is 34.3 Å². The van der Waals surface area contributed by atoms with Gasteiger partial charge in [-0.3, -0.25) is 4.90 Å². The van der Waals surface area contributed by atoms with Gasteiger partial charge in [0, 0.05) is 19.6 Å². The smallest absolute Gasteiger partial charge is 0.159 e. The molecule has 0 unspecified atom stereocenters. The van der Waals surface area contributed by atoms with Gasteiger partial charge in [0.25, 0.3) is 0 Å². The first kappa shape index (κ1) is 20.6. The summed E-state index contributed by atoms with van der Waals surface area (Å²) in [5.41, 5.74) is 1.79. The maximum absolute atomic E-state index is 13.5. The predicted molar refractivity (Wildman–Crippen MR) is 102 cm³/mol. The number of hydrogen-bond acceptors (Lipinski definition) is 3. The number of hydrogen-bond donors (Lipinski definition) is 0. The summed E-state index contributed by atoms with van der Waals surface area (Å²) < 4.78 is 31.9. The molecule has 3 nitrogen and oxygen atoms in total. The van der Waals surface area contributed by atoms with Crippen LogP contribution in [0.3, 0.4) is 0 Å². The van der Waals surface area contributed by atoms with E-state index in [1.807, 2.05) is 32.3 Å². The van der Waals surface area contributed by atoms with Crippen LogP contribution in [0.2, 0.25) is 5.02 Å². The summed E-state index contributed by atoms with van der Waals surface area (Å²) in [6.45, 7) is 2.99. The molecule has 142 valence electrons. The van der Waals surface area contributed by atoms with E-state index in [1.54, 1.807) is 13.2 Å². The molecule has 0 spiro atoms. The highest BCUT2D eigenvalue weighted by molar-refractivity contribution is 6.32. The standard InChI is InChI=1S/C20H25ClF2N2O/c1-24(2)9-4-10-25(14-16-5-7-18(22)19(23)12-16)13-15-6-8-20(26-3)17(21)11-15/h5-8,11-12H,4,9-10,13-14H2,1-3H3. The Morgan fingerprint density at radius 2 is 1.58 bits per heavy atom. The Kier molecular flexibility index (Phi) is 7.82. The van der Waals surface area contributed by atoms with E-state index < -0.39 is 11.6 Å². The SMILES string of the molecule is COc1ccc(CN(CCCN(C)C)Cc2ccc(F)c(F)c2)cc1Cl. The van der Waals surface area contributed by atoms with Crippen LogP contribution in [0.5, 0.6) is 5.75 Å². The third-order valence-corrected chi connectivity index (χ3v) is 4.39. The third-order valence-electron chi connectivity index (χ3n) is 4.09. The molecule has 0 fully saturated rings. The van der Waals surface area contributed by atoms with Gasteiger partial charge in [0.1, 0.15) is 5.75 Å². The second-order valence-corrected chi connectivity index (χ2v) is 6.99. The van der Waals surface area contributed by atoms with Gasteiger partial charge in [-0.25, -0.2) is 8.78 Å². The minimum absolute atomic E-state index is 0.536. The maximum Gasteiger partial charge on any atom is 0.159 e. The van der Waals surface area contributed by atoms with Crippen LogP contribution in [0.4, 0.5) is 8.78 Å². The second kappa shape index (κ2) is 9.86. The van der Waals surface area contributed by atoms with Crippen LogP contribution in [0, 0.1) is 11.6 Å². The molecule has 2 aromatic carbocycles. The fourth-order valence-corrected chi connectivity index (χ4v) is 3.07. The molecule has 0 atom stereocenters. The van der Waals surface area contributed by atoms with Crippen molar-refractivity contribution in [3.05, 3.63) is 64.2 Å². The summed E-state index contributed by atoms with van der Waals surface area (Å²) in [5.74, 6) is -1.01. The van der Waals surface area contributed by atoms with Crippen molar-refractivity contribution in [2.24, 2.45) is 0 Å². The molecule has 0 aromatic heterocycles. The summed E-state index contributed by atoms with van der Waals surface area (Å²) >= 11 is 6.22. The Morgan fingerprint density at radius 3 is 2.15 bits per heavy atom. The molecule has 2 aromatic rings. The van der Waals surface area contributed by atoms with Gasteiger partial charge in [0.2, 0.25) is 0 Å². The normalized spacial score (nSPS) is 11.4. The lowest BCUT2D eigenvalue weighted by Gasteiger charge is -2.24. The van der Waals surface area contributed by atoms with Crippen molar-refractivity contribution < 1.29 is 13.5 Å². The predicted octanol–water partition coefficient (Wildman–Crippen LogP) is 4.58. The number of benzene rings is 2. The van der Waals surface area contributed by atoms with Crippen molar-refractivity contribution in [1.29, 1.82) is 0 Å². The van der Waals surface area contributed by atoms with Gasteiger partial charge in [-0.15, -0.1) is 0 Å². The van der Waals surface area contributed by atoms with E-state index in [0.717, 1.165) is 30.6 Å². The lowest BCUT2D eigenvalue weighted by molar-refractivity contribution is 0.239. The van der Waals surface area contributed by atoms with Gasteiger partial charge in [0.15, 0.2) is 11.6 Å². The van der Waals surface area contributed by atoms with Crippen molar-refractivity contribution in [2.45, 2.75) is 19.5 Å². The largest absolute Gasteiger partial charge is 0.495 e. The first-order chi connectivity index (χ1) is 12.4. The minimum atomic E-state index is -0.824. The fraction of sp³-hybridized carbons (Fsp3) is 0.400. The topological polar surface area (TPSA) is 15.7 Å². The van der Waals surface area contributed by atoms with Crippen molar-refractivity contribution >= 4 is 11.6 Å². The van der Waals surface area contributed by atoms with E-state index in [4.69, 9.17) is 16.3 Å². The molecule has 0 heterocycles. The second-order valence-electron chi connectivity index (χ2n) is 6.58. The van der Waals surface area contributed by atoms with E-state index in [0.29, 0.717) is 23.9 Å². The number of ether oxygens (including phenoxy) is 1. The van der Waals surface area contributed by atoms with Crippen LogP contribution in [0.15, 0.2) is 36.4 Å². The first-order valence-electron chi connectivity index (χ1n) is 8.52. The van der Waals surface area contributed by atoms with E-state index in [-0.39, 0.29) is 0 Å². The molecule has 0 radical (unpaired) electrons. The number of nitrogens with zero attached hydrogens (tertiary/aromatic N) is 2. The highest BCUT2D eigenvalue weighted by Crippen LogP contribution is 2.26. The maximum atomic E-state index is 13.5. The van der Waals surface area contributed by atoms with Crippen LogP contribution < -0.4 is 4.74 Å². The van der Waals surface area contributed by atoms with Crippen molar-refractivity contribution in [3.8, 4) is 5.75 Å². The summed E-state index contributed by atoms with van der Waals surface area (Å²) in [7, 11) is 5.64. The zero-order chi connectivity index (χ0) is 19.1. The molecule has 0 bridgehead atoms. The zero-order valence-corrected chi connectivity index (χ0v) is 16.2. The Bertz CT molecular complexity index is 725. The van der Waals surface area contributed by atoms with Gasteiger partial charge in [0.05, 0.1) is 12.1 Å². The average molecular weight is 383 g/mol. The molecule has 2 rings (SSSR count). The lowest BCUT2D eigenvalue weighted by atomic mass is 10.1. The van der Waals surface area contributed by atoms with Crippen molar-refractivity contribution in [1.82, 2.24) is 9.80 Å². The minimum Gasteiger partial charge on any atom is -0.495 e. The highest BCUT2D eigenvalue weighted by Gasteiger charge is 2.11. The molecule has 0 N–H and O–H groups in total. The van der Waals surface area contributed by atoms with Gasteiger partial charge in [-0.2, -0.15) is 0 Å². The Hall–Kier alpha value is -1.69. The summed E-state index contributed by atoms with van der Waals surface area (Å²) in [5, 5.41) is 0.561. The number of halogens is 3.